The normalized spacial score (nSPS) is 15.0. The first-order valence-electron chi connectivity index (χ1n) is 5.21. The zero-order valence-corrected chi connectivity index (χ0v) is 12.4. The first kappa shape index (κ1) is 10.5. The Morgan fingerprint density at radius 3 is 2.62 bits per heavy atom. The molecule has 3 rings (SSSR count). The van der Waals surface area contributed by atoms with Crippen LogP contribution in [-0.4, -0.2) is 31.5 Å². The maximum absolute atomic E-state index is 2.36. The van der Waals surface area contributed by atoms with E-state index in [4.69, 9.17) is 0 Å². The van der Waals surface area contributed by atoms with Gasteiger partial charge >= 0.3 is 110 Å². The molecule has 0 fully saturated rings. The number of benzene rings is 2. The number of fused-ring (bicyclic) bond motifs is 1. The molecule has 16 heavy (non-hydrogen) atoms. The summed E-state index contributed by atoms with van der Waals surface area (Å²) in [7, 11) is 0. The van der Waals surface area contributed by atoms with Gasteiger partial charge < -0.3 is 0 Å². The van der Waals surface area contributed by atoms with Gasteiger partial charge in [0.15, 0.2) is 0 Å². The Labute approximate surface area is 109 Å². The Morgan fingerprint density at radius 1 is 0.875 bits per heavy atom. The summed E-state index contributed by atoms with van der Waals surface area (Å²) in [5.74, 6) is 0. The molecule has 0 amide bonds. The van der Waals surface area contributed by atoms with Crippen molar-refractivity contribution in [2.24, 2.45) is 0 Å². The average Bonchev–Trinajstić information content (AvgIpc) is 2.80. The van der Waals surface area contributed by atoms with Crippen LogP contribution in [0.5, 0.6) is 0 Å². The van der Waals surface area contributed by atoms with E-state index in [0.29, 0.717) is 0 Å². The predicted octanol–water partition coefficient (Wildman–Crippen LogP) is 0.655. The molecule has 2 aromatic carbocycles. The van der Waals surface area contributed by atoms with E-state index in [-0.39, 0.29) is 31.5 Å². The van der Waals surface area contributed by atoms with Gasteiger partial charge in [0.05, 0.1) is 0 Å². The molecule has 1 aliphatic heterocycles. The van der Waals surface area contributed by atoms with E-state index in [1.54, 1.807) is 8.70 Å². The Morgan fingerprint density at radius 2 is 1.75 bits per heavy atom. The van der Waals surface area contributed by atoms with Crippen molar-refractivity contribution in [1.82, 2.24) is 0 Å². The zero-order valence-electron chi connectivity index (χ0n) is 8.67. The van der Waals surface area contributed by atoms with Crippen molar-refractivity contribution in [2.75, 3.05) is 0 Å². The second kappa shape index (κ2) is 4.66. The quantitative estimate of drug-likeness (QED) is 0.711. The molecule has 2 heteroatoms. The van der Waals surface area contributed by atoms with Crippen LogP contribution in [0.4, 0.5) is 0 Å². The molecule has 0 saturated carbocycles. The van der Waals surface area contributed by atoms with Gasteiger partial charge in [-0.3, -0.25) is 0 Å². The molecule has 1 aliphatic rings. The maximum atomic E-state index is 2.36. The van der Waals surface area contributed by atoms with Crippen molar-refractivity contribution >= 4 is 50.6 Å². The molecule has 0 nitrogen and oxygen atoms in total. The third-order valence-corrected chi connectivity index (χ3v) is 8.01. The molecule has 0 saturated heterocycles. The van der Waals surface area contributed by atoms with Crippen LogP contribution in [0.15, 0.2) is 53.4 Å². The molecule has 0 unspecified atom stereocenters. The van der Waals surface area contributed by atoms with Crippen molar-refractivity contribution < 1.29 is 0 Å². The van der Waals surface area contributed by atoms with E-state index in [0.717, 1.165) is 0 Å². The van der Waals surface area contributed by atoms with E-state index in [1.807, 2.05) is 0 Å². The van der Waals surface area contributed by atoms with Crippen LogP contribution >= 0.6 is 0 Å². The summed E-state index contributed by atoms with van der Waals surface area (Å²) in [5.41, 5.74) is 1.46. The van der Waals surface area contributed by atoms with Crippen LogP contribution < -0.4 is 13.1 Å². The molecule has 0 atom stereocenters. The SMILES string of the molecule is C1=Cc2cccc([As]c3ccccc3)c2[As]1. The van der Waals surface area contributed by atoms with Crippen molar-refractivity contribution in [3.63, 3.8) is 0 Å². The van der Waals surface area contributed by atoms with Gasteiger partial charge in [-0.2, -0.15) is 0 Å². The Bertz CT molecular complexity index is 530. The third kappa shape index (κ3) is 2.05. The van der Waals surface area contributed by atoms with E-state index in [9.17, 15) is 0 Å². The molecule has 0 bridgehead atoms. The van der Waals surface area contributed by atoms with Crippen molar-refractivity contribution in [2.45, 2.75) is 0 Å². The van der Waals surface area contributed by atoms with Crippen LogP contribution in [-0.2, 0) is 0 Å². The predicted molar refractivity (Wildman–Crippen MR) is 72.3 cm³/mol. The fraction of sp³-hybridized carbons (Fsp3) is 0. The summed E-state index contributed by atoms with van der Waals surface area (Å²) in [6.45, 7) is 0. The fourth-order valence-corrected chi connectivity index (χ4v) is 6.88. The first-order valence-corrected chi connectivity index (χ1v) is 9.10. The molecular formula is C14H10As2. The van der Waals surface area contributed by atoms with Crippen LogP contribution in [0.3, 0.4) is 0 Å². The van der Waals surface area contributed by atoms with E-state index in [2.05, 4.69) is 59.5 Å². The Balaban J connectivity index is 1.95. The molecule has 2 radical (unpaired) electrons. The second-order valence-corrected chi connectivity index (χ2v) is 8.28. The van der Waals surface area contributed by atoms with Crippen LogP contribution in [0.2, 0.25) is 0 Å². The van der Waals surface area contributed by atoms with Crippen LogP contribution in [0, 0.1) is 0 Å². The summed E-state index contributed by atoms with van der Waals surface area (Å²) in [5, 5.41) is 0. The molecule has 0 aliphatic carbocycles. The van der Waals surface area contributed by atoms with Crippen molar-refractivity contribution in [3.8, 4) is 0 Å². The first-order chi connectivity index (χ1) is 7.93. The average molecular weight is 328 g/mol. The van der Waals surface area contributed by atoms with Gasteiger partial charge in [0.2, 0.25) is 0 Å². The second-order valence-electron chi connectivity index (χ2n) is 3.61. The molecular weight excluding hydrogens is 318 g/mol. The Hall–Kier alpha value is -0.703. The van der Waals surface area contributed by atoms with E-state index < -0.39 is 0 Å². The van der Waals surface area contributed by atoms with Gasteiger partial charge in [0, 0.05) is 0 Å². The molecule has 0 aromatic heterocycles. The number of hydrogen-bond donors (Lipinski definition) is 0. The fourth-order valence-electron chi connectivity index (χ4n) is 1.75. The molecule has 76 valence electrons. The van der Waals surface area contributed by atoms with Crippen molar-refractivity contribution in [3.05, 3.63) is 59.0 Å². The van der Waals surface area contributed by atoms with E-state index in [1.165, 1.54) is 9.91 Å². The van der Waals surface area contributed by atoms with E-state index >= 15 is 0 Å². The van der Waals surface area contributed by atoms with Crippen LogP contribution in [0.1, 0.15) is 5.56 Å². The minimum atomic E-state index is 0.164. The van der Waals surface area contributed by atoms with Crippen molar-refractivity contribution in [1.29, 1.82) is 0 Å². The summed E-state index contributed by atoms with van der Waals surface area (Å²) >= 11 is 0.454. The summed E-state index contributed by atoms with van der Waals surface area (Å²) in [6, 6.07) is 17.6. The monoisotopic (exact) mass is 328 g/mol. The standard InChI is InChI=1S/C14H10As2/c1-2-6-12(7-3-1)16-13-8-4-5-11-9-10-15-14(11)13/h1-10H. The summed E-state index contributed by atoms with van der Waals surface area (Å²) in [6.07, 6.45) is 2.28. The molecule has 0 N–H and O–H groups in total. The minimum absolute atomic E-state index is 0.164. The molecule has 1 heterocycles. The van der Waals surface area contributed by atoms with Gasteiger partial charge in [-0.05, 0) is 0 Å². The van der Waals surface area contributed by atoms with Crippen LogP contribution in [0.25, 0.3) is 6.08 Å². The molecule has 2 aromatic rings. The Kier molecular flexibility index (Phi) is 3.04. The van der Waals surface area contributed by atoms with Gasteiger partial charge in [0.1, 0.15) is 0 Å². The topological polar surface area (TPSA) is 0 Å². The van der Waals surface area contributed by atoms with Gasteiger partial charge in [-0.25, -0.2) is 0 Å². The summed E-state index contributed by atoms with van der Waals surface area (Å²) in [4.78, 5) is 2.36. The zero-order chi connectivity index (χ0) is 10.8. The van der Waals surface area contributed by atoms with Gasteiger partial charge in [-0.15, -0.1) is 0 Å². The third-order valence-electron chi connectivity index (χ3n) is 2.51. The number of hydrogen-bond acceptors (Lipinski definition) is 0. The van der Waals surface area contributed by atoms with Gasteiger partial charge in [0.25, 0.3) is 0 Å². The van der Waals surface area contributed by atoms with Gasteiger partial charge in [-0.1, -0.05) is 0 Å². The summed E-state index contributed by atoms with van der Waals surface area (Å²) < 4.78 is 4.74. The molecule has 0 spiro atoms. The number of rotatable bonds is 2.